The van der Waals surface area contributed by atoms with Gasteiger partial charge in [0.05, 0.1) is 18.6 Å². The van der Waals surface area contributed by atoms with Crippen LogP contribution in [0.15, 0.2) is 24.3 Å². The van der Waals surface area contributed by atoms with Crippen LogP contribution in [-0.2, 0) is 16.2 Å². The summed E-state index contributed by atoms with van der Waals surface area (Å²) in [6, 6.07) is 7.35. The number of carbonyl (C=O) groups excluding carboxylic acids is 1. The van der Waals surface area contributed by atoms with Gasteiger partial charge in [0.15, 0.2) is 6.29 Å². The van der Waals surface area contributed by atoms with E-state index in [1.54, 1.807) is 12.0 Å². The highest BCUT2D eigenvalue weighted by Gasteiger charge is 2.57. The fourth-order valence-corrected chi connectivity index (χ4v) is 6.60. The second-order valence-electron chi connectivity index (χ2n) is 10.0. The Labute approximate surface area is 192 Å². The van der Waals surface area contributed by atoms with E-state index in [1.165, 1.54) is 6.42 Å². The van der Waals surface area contributed by atoms with Gasteiger partial charge in [0.1, 0.15) is 6.04 Å². The highest BCUT2D eigenvalue weighted by atomic mass is 127. The van der Waals surface area contributed by atoms with Gasteiger partial charge in [-0.15, -0.1) is 0 Å². The molecule has 4 aliphatic rings. The summed E-state index contributed by atoms with van der Waals surface area (Å²) in [4.78, 5) is 19.1. The van der Waals surface area contributed by atoms with E-state index in [0.29, 0.717) is 29.7 Å². The lowest BCUT2D eigenvalue weighted by Gasteiger charge is -2.62. The normalized spacial score (nSPS) is 38.7. The summed E-state index contributed by atoms with van der Waals surface area (Å²) >= 11 is 2.25. The quantitative estimate of drug-likeness (QED) is 0.513. The van der Waals surface area contributed by atoms with Gasteiger partial charge in [-0.2, -0.15) is 5.06 Å². The Kier molecular flexibility index (Phi) is 6.22. The summed E-state index contributed by atoms with van der Waals surface area (Å²) in [5.41, 5.74) is 1.35. The summed E-state index contributed by atoms with van der Waals surface area (Å²) in [6.07, 6.45) is 0.163. The zero-order valence-corrected chi connectivity index (χ0v) is 20.2. The number of hydroxylamine groups is 2. The molecular weight excluding hydrogens is 495 g/mol. The number of rotatable bonds is 5. The number of aliphatic hydroxyl groups excluding tert-OH is 2. The molecule has 1 saturated heterocycles. The molecule has 0 spiro atoms. The van der Waals surface area contributed by atoms with Crippen molar-refractivity contribution in [1.29, 1.82) is 0 Å². The van der Waals surface area contributed by atoms with Gasteiger partial charge in [-0.3, -0.25) is 9.63 Å². The van der Waals surface area contributed by atoms with Crippen LogP contribution in [0.2, 0.25) is 0 Å². The van der Waals surface area contributed by atoms with Crippen LogP contribution in [0.4, 0.5) is 0 Å². The minimum Gasteiger partial charge on any atom is -0.393 e. The van der Waals surface area contributed by atoms with Crippen LogP contribution in [0.3, 0.4) is 0 Å². The number of nitrogens with zero attached hydrogens (tertiary/aromatic N) is 1. The molecule has 0 radical (unpaired) electrons. The van der Waals surface area contributed by atoms with Gasteiger partial charge in [0.2, 0.25) is 5.91 Å². The molecule has 166 valence electrons. The van der Waals surface area contributed by atoms with Crippen molar-refractivity contribution in [3.63, 3.8) is 0 Å². The van der Waals surface area contributed by atoms with Crippen molar-refractivity contribution < 1.29 is 19.8 Å². The van der Waals surface area contributed by atoms with E-state index in [2.05, 4.69) is 48.7 Å². The lowest BCUT2D eigenvalue weighted by atomic mass is 9.45. The van der Waals surface area contributed by atoms with E-state index in [4.69, 9.17) is 4.84 Å². The molecule has 1 amide bonds. The molecule has 0 aromatic heterocycles. The predicted octanol–water partition coefficient (Wildman–Crippen LogP) is 2.91. The topological polar surface area (TPSA) is 82.0 Å². The monoisotopic (exact) mass is 528 g/mol. The van der Waals surface area contributed by atoms with Crippen molar-refractivity contribution in [1.82, 2.24) is 10.4 Å². The standard InChI is InChI=1S/C23H33IN2O4/c1-12-17-9-15(23(17,3)4)10-18(12)25-21(28)20-19(13(2)27)22(29)30-26(20)11-14-6-5-7-16(24)8-14/h5-8,12-13,15,17-20,22,27,29H,9-11H2,1-4H3,(H,25,28)/t12-,13-,15+,17-,18-,19-,20-,22?/m0/s1. The van der Waals surface area contributed by atoms with E-state index in [0.717, 1.165) is 15.6 Å². The summed E-state index contributed by atoms with van der Waals surface area (Å²) in [6.45, 7) is 8.89. The molecule has 4 fully saturated rings. The van der Waals surface area contributed by atoms with Crippen molar-refractivity contribution in [2.24, 2.45) is 29.1 Å². The van der Waals surface area contributed by atoms with Crippen LogP contribution < -0.4 is 5.32 Å². The smallest absolute Gasteiger partial charge is 0.240 e. The molecule has 1 heterocycles. The molecule has 3 saturated carbocycles. The zero-order valence-electron chi connectivity index (χ0n) is 18.1. The fourth-order valence-electron chi connectivity index (χ4n) is 5.99. The molecule has 3 N–H and O–H groups in total. The SMILES string of the molecule is C[C@@H]1[C@@H](NC(=O)[C@@H]2[C@H]([C@H](C)O)C(O)ON2Cc2cccc(I)c2)C[C@H]2C[C@@H]1C2(C)C. The third-order valence-electron chi connectivity index (χ3n) is 7.98. The number of fused-ring (bicyclic) bond motifs is 2. The van der Waals surface area contributed by atoms with Crippen LogP contribution in [0, 0.1) is 32.7 Å². The van der Waals surface area contributed by atoms with Crippen molar-refractivity contribution >= 4 is 28.5 Å². The molecule has 5 rings (SSSR count). The van der Waals surface area contributed by atoms with Crippen molar-refractivity contribution in [3.8, 4) is 0 Å². The fraction of sp³-hybridized carbons (Fsp3) is 0.696. The number of amides is 1. The number of nitrogens with one attached hydrogen (secondary N) is 1. The number of benzene rings is 1. The van der Waals surface area contributed by atoms with Gasteiger partial charge in [-0.25, -0.2) is 0 Å². The molecule has 6 nitrogen and oxygen atoms in total. The van der Waals surface area contributed by atoms with Crippen LogP contribution in [-0.4, -0.2) is 45.7 Å². The van der Waals surface area contributed by atoms with Gasteiger partial charge < -0.3 is 15.5 Å². The number of halogens is 1. The van der Waals surface area contributed by atoms with Gasteiger partial charge in [0.25, 0.3) is 0 Å². The number of hydrogen-bond acceptors (Lipinski definition) is 5. The lowest BCUT2D eigenvalue weighted by Crippen LogP contribution is -2.62. The van der Waals surface area contributed by atoms with E-state index in [-0.39, 0.29) is 11.9 Å². The first-order valence-electron chi connectivity index (χ1n) is 10.9. The third-order valence-corrected chi connectivity index (χ3v) is 8.65. The molecule has 1 aliphatic heterocycles. The summed E-state index contributed by atoms with van der Waals surface area (Å²) in [5, 5.41) is 25.5. The van der Waals surface area contributed by atoms with E-state index in [1.807, 2.05) is 24.3 Å². The largest absolute Gasteiger partial charge is 0.393 e. The van der Waals surface area contributed by atoms with Gasteiger partial charge in [-0.1, -0.05) is 32.9 Å². The summed E-state index contributed by atoms with van der Waals surface area (Å²) < 4.78 is 1.09. The third kappa shape index (κ3) is 3.92. The Balaban J connectivity index is 1.51. The van der Waals surface area contributed by atoms with Crippen LogP contribution >= 0.6 is 22.6 Å². The van der Waals surface area contributed by atoms with Gasteiger partial charge >= 0.3 is 0 Å². The Morgan fingerprint density at radius 1 is 1.40 bits per heavy atom. The van der Waals surface area contributed by atoms with Crippen LogP contribution in [0.25, 0.3) is 0 Å². The zero-order chi connectivity index (χ0) is 21.8. The Bertz CT molecular complexity index is 801. The number of aliphatic hydroxyl groups is 2. The molecule has 3 aliphatic carbocycles. The van der Waals surface area contributed by atoms with Crippen molar-refractivity contribution in [2.75, 3.05) is 0 Å². The second kappa shape index (κ2) is 8.31. The predicted molar refractivity (Wildman–Crippen MR) is 122 cm³/mol. The molecule has 1 unspecified atom stereocenters. The van der Waals surface area contributed by atoms with E-state index >= 15 is 0 Å². The lowest BCUT2D eigenvalue weighted by molar-refractivity contribution is -0.231. The summed E-state index contributed by atoms with van der Waals surface area (Å²) in [5.74, 6) is 0.818. The summed E-state index contributed by atoms with van der Waals surface area (Å²) in [7, 11) is 0. The van der Waals surface area contributed by atoms with Crippen LogP contribution in [0.5, 0.6) is 0 Å². The van der Waals surface area contributed by atoms with Crippen LogP contribution in [0.1, 0.15) is 46.1 Å². The maximum atomic E-state index is 13.4. The molecule has 1 aromatic rings. The molecular formula is C23H33IN2O4. The highest BCUT2D eigenvalue weighted by Crippen LogP contribution is 2.61. The first kappa shape index (κ1) is 22.5. The molecule has 8 atom stereocenters. The highest BCUT2D eigenvalue weighted by molar-refractivity contribution is 14.1. The minimum atomic E-state index is -1.21. The Hall–Kier alpha value is -0.740. The maximum Gasteiger partial charge on any atom is 0.240 e. The van der Waals surface area contributed by atoms with E-state index < -0.39 is 24.4 Å². The second-order valence-corrected chi connectivity index (χ2v) is 11.3. The minimum absolute atomic E-state index is 0.126. The Morgan fingerprint density at radius 2 is 2.13 bits per heavy atom. The molecule has 2 bridgehead atoms. The average molecular weight is 528 g/mol. The van der Waals surface area contributed by atoms with Gasteiger partial charge in [-0.05, 0) is 83.2 Å². The number of hydrogen-bond donors (Lipinski definition) is 3. The molecule has 7 heteroatoms. The van der Waals surface area contributed by atoms with Crippen molar-refractivity contribution in [3.05, 3.63) is 33.4 Å². The van der Waals surface area contributed by atoms with Crippen molar-refractivity contribution in [2.45, 2.75) is 71.6 Å². The maximum absolute atomic E-state index is 13.4. The first-order chi connectivity index (χ1) is 14.1. The Morgan fingerprint density at radius 3 is 2.73 bits per heavy atom. The molecule has 30 heavy (non-hydrogen) atoms. The van der Waals surface area contributed by atoms with Gasteiger partial charge in [0, 0.05) is 9.61 Å². The average Bonchev–Trinajstić information content (AvgIpc) is 2.98. The molecule has 1 aromatic carbocycles. The van der Waals surface area contributed by atoms with E-state index in [9.17, 15) is 15.0 Å². The first-order valence-corrected chi connectivity index (χ1v) is 12.0. The number of carbonyl (C=O) groups is 1.